The average molecular weight is 539 g/mol. The smallest absolute Gasteiger partial charge is 0.253 e. The third-order valence-corrected chi connectivity index (χ3v) is 6.30. The summed E-state index contributed by atoms with van der Waals surface area (Å²) in [4.78, 5) is 40.3. The highest BCUT2D eigenvalue weighted by atomic mass is 16.3. The van der Waals surface area contributed by atoms with Crippen molar-refractivity contribution in [1.82, 2.24) is 10.2 Å². The number of hydrogen-bond acceptors (Lipinski definition) is 7. The zero-order valence-corrected chi connectivity index (χ0v) is 22.5. The number of nitrogens with zero attached hydrogens (tertiary/aromatic N) is 2. The van der Waals surface area contributed by atoms with Crippen molar-refractivity contribution in [2.24, 2.45) is 5.73 Å². The van der Waals surface area contributed by atoms with Crippen LogP contribution in [-0.2, 0) is 6.42 Å². The highest BCUT2D eigenvalue weighted by Crippen LogP contribution is 2.18. The molecule has 210 valence electrons. The summed E-state index contributed by atoms with van der Waals surface area (Å²) in [6.07, 6.45) is -0.278. The molecular weight excluding hydrogens is 500 g/mol. The molecule has 0 fully saturated rings. The Morgan fingerprint density at radius 2 is 1.59 bits per heavy atom. The van der Waals surface area contributed by atoms with Gasteiger partial charge in [0.1, 0.15) is 11.9 Å². The van der Waals surface area contributed by atoms with Gasteiger partial charge >= 0.3 is 0 Å². The molecule has 2 aromatic rings. The number of benzene rings is 2. The van der Waals surface area contributed by atoms with Gasteiger partial charge in [-0.2, -0.15) is 5.26 Å². The van der Waals surface area contributed by atoms with Crippen LogP contribution in [0, 0.1) is 11.3 Å². The highest BCUT2D eigenvalue weighted by Gasteiger charge is 2.29. The third kappa shape index (κ3) is 9.39. The number of nitrogens with one attached hydrogen (secondary N) is 1. The molecule has 10 heteroatoms. The Kier molecular flexibility index (Phi) is 12.4. The number of nitrogens with two attached hydrogens (primary N) is 1. The maximum Gasteiger partial charge on any atom is 0.253 e. The minimum atomic E-state index is -1.38. The topological polar surface area (TPSA) is 177 Å². The molecule has 3 atom stereocenters. The van der Waals surface area contributed by atoms with Gasteiger partial charge in [-0.3, -0.25) is 14.4 Å². The van der Waals surface area contributed by atoms with Crippen LogP contribution in [0.2, 0.25) is 0 Å². The van der Waals surface area contributed by atoms with Crippen molar-refractivity contribution in [2.45, 2.75) is 70.6 Å². The van der Waals surface area contributed by atoms with E-state index in [1.54, 1.807) is 17.0 Å². The zero-order chi connectivity index (χ0) is 28.9. The van der Waals surface area contributed by atoms with Crippen LogP contribution in [0.15, 0.2) is 42.5 Å². The van der Waals surface area contributed by atoms with Gasteiger partial charge in [-0.15, -0.1) is 0 Å². The van der Waals surface area contributed by atoms with Crippen molar-refractivity contribution in [1.29, 1.82) is 5.26 Å². The molecule has 0 aliphatic heterocycles. The van der Waals surface area contributed by atoms with Gasteiger partial charge in [-0.1, -0.05) is 26.0 Å². The number of aliphatic hydroxyl groups is 2. The molecule has 0 aliphatic rings. The minimum absolute atomic E-state index is 0.00414. The van der Waals surface area contributed by atoms with E-state index >= 15 is 0 Å². The van der Waals surface area contributed by atoms with Crippen LogP contribution < -0.4 is 11.1 Å². The molecule has 0 aromatic heterocycles. The van der Waals surface area contributed by atoms with Crippen molar-refractivity contribution in [3.8, 4) is 11.8 Å². The van der Waals surface area contributed by atoms with E-state index in [1.165, 1.54) is 30.3 Å². The van der Waals surface area contributed by atoms with E-state index in [2.05, 4.69) is 5.32 Å². The number of carbonyl (C=O) groups excluding carboxylic acids is 3. The second-order valence-corrected chi connectivity index (χ2v) is 9.51. The lowest BCUT2D eigenvalue weighted by atomic mass is 9.94. The highest BCUT2D eigenvalue weighted by molar-refractivity contribution is 6.04. The predicted octanol–water partition coefficient (Wildman–Crippen LogP) is 2.51. The first kappa shape index (κ1) is 31.3. The normalized spacial score (nSPS) is 13.1. The average Bonchev–Trinajstić information content (AvgIpc) is 2.92. The number of amides is 3. The summed E-state index contributed by atoms with van der Waals surface area (Å²) in [5.41, 5.74) is 6.31. The van der Waals surface area contributed by atoms with Crippen LogP contribution in [-0.4, -0.2) is 69.3 Å². The van der Waals surface area contributed by atoms with Gasteiger partial charge < -0.3 is 31.3 Å². The maximum atomic E-state index is 13.4. The van der Waals surface area contributed by atoms with Crippen LogP contribution in [0.25, 0.3) is 0 Å². The Morgan fingerprint density at radius 1 is 1.00 bits per heavy atom. The summed E-state index contributed by atoms with van der Waals surface area (Å²) in [5, 5.41) is 42.6. The van der Waals surface area contributed by atoms with Gasteiger partial charge in [0.05, 0.1) is 18.2 Å². The van der Waals surface area contributed by atoms with Gasteiger partial charge in [0.15, 0.2) is 0 Å². The van der Waals surface area contributed by atoms with E-state index < -0.39 is 30.1 Å². The number of carbonyl (C=O) groups is 3. The summed E-state index contributed by atoms with van der Waals surface area (Å²) in [6, 6.07) is 11.2. The van der Waals surface area contributed by atoms with Crippen molar-refractivity contribution in [3.63, 3.8) is 0 Å². The number of unbranched alkanes of at least 4 members (excludes halogenated alkanes) is 1. The molecule has 0 spiro atoms. The molecule has 0 aliphatic carbocycles. The number of aliphatic hydroxyl groups excluding tert-OH is 2. The largest absolute Gasteiger partial charge is 0.508 e. The van der Waals surface area contributed by atoms with Crippen LogP contribution in [0.1, 0.15) is 82.6 Å². The molecule has 2 rings (SSSR count). The monoisotopic (exact) mass is 538 g/mol. The van der Waals surface area contributed by atoms with E-state index in [-0.39, 0.29) is 47.6 Å². The lowest BCUT2D eigenvalue weighted by Crippen LogP contribution is -2.50. The fourth-order valence-corrected chi connectivity index (χ4v) is 4.29. The lowest BCUT2D eigenvalue weighted by molar-refractivity contribution is -0.00788. The molecular formula is C29H38N4O6. The first-order valence-corrected chi connectivity index (χ1v) is 13.2. The third-order valence-electron chi connectivity index (χ3n) is 6.30. The van der Waals surface area contributed by atoms with Gasteiger partial charge in [0.2, 0.25) is 5.91 Å². The second kappa shape index (κ2) is 15.5. The van der Waals surface area contributed by atoms with Gasteiger partial charge in [-0.05, 0) is 68.0 Å². The molecule has 0 saturated heterocycles. The Bertz CT molecular complexity index is 1160. The van der Waals surface area contributed by atoms with Crippen molar-refractivity contribution < 1.29 is 29.7 Å². The molecule has 3 amide bonds. The van der Waals surface area contributed by atoms with E-state index in [1.807, 2.05) is 19.9 Å². The quantitative estimate of drug-likeness (QED) is 0.216. The Hall–Kier alpha value is -3.94. The molecule has 39 heavy (non-hydrogen) atoms. The Morgan fingerprint density at radius 3 is 2.15 bits per heavy atom. The predicted molar refractivity (Wildman–Crippen MR) is 146 cm³/mol. The first-order valence-electron chi connectivity index (χ1n) is 13.2. The van der Waals surface area contributed by atoms with E-state index in [4.69, 9.17) is 11.0 Å². The van der Waals surface area contributed by atoms with Crippen molar-refractivity contribution >= 4 is 17.7 Å². The Balaban J connectivity index is 2.39. The maximum absolute atomic E-state index is 13.4. The van der Waals surface area contributed by atoms with Crippen LogP contribution in [0.3, 0.4) is 0 Å². The van der Waals surface area contributed by atoms with Crippen LogP contribution >= 0.6 is 0 Å². The number of primary amides is 1. The molecule has 3 unspecified atom stereocenters. The summed E-state index contributed by atoms with van der Waals surface area (Å²) in [6.45, 7) is 4.92. The Labute approximate surface area is 229 Å². The van der Waals surface area contributed by atoms with Crippen LogP contribution in [0.5, 0.6) is 5.75 Å². The number of nitriles is 1. The number of phenols is 1. The van der Waals surface area contributed by atoms with E-state index in [0.717, 1.165) is 12.8 Å². The van der Waals surface area contributed by atoms with Gasteiger partial charge in [0, 0.05) is 36.2 Å². The molecule has 0 heterocycles. The second-order valence-electron chi connectivity index (χ2n) is 9.51. The first-order chi connectivity index (χ1) is 18.6. The summed E-state index contributed by atoms with van der Waals surface area (Å²) >= 11 is 0. The van der Waals surface area contributed by atoms with Crippen molar-refractivity contribution in [2.75, 3.05) is 13.1 Å². The van der Waals surface area contributed by atoms with Gasteiger partial charge in [-0.25, -0.2) is 0 Å². The zero-order valence-electron chi connectivity index (χ0n) is 22.5. The van der Waals surface area contributed by atoms with Crippen LogP contribution in [0.4, 0.5) is 0 Å². The molecule has 0 bridgehead atoms. The number of phenolic OH excluding ortho intramolecular Hbond substituents is 1. The fraction of sp³-hybridized carbons (Fsp3) is 0.448. The molecule has 0 saturated carbocycles. The summed E-state index contributed by atoms with van der Waals surface area (Å²) in [5.74, 6) is -1.75. The molecule has 6 N–H and O–H groups in total. The lowest BCUT2D eigenvalue weighted by Gasteiger charge is -2.28. The van der Waals surface area contributed by atoms with E-state index in [9.17, 15) is 29.7 Å². The van der Waals surface area contributed by atoms with Crippen molar-refractivity contribution in [3.05, 3.63) is 64.7 Å². The molecule has 0 radical (unpaired) electrons. The molecule has 10 nitrogen and oxygen atoms in total. The van der Waals surface area contributed by atoms with E-state index in [0.29, 0.717) is 25.1 Å². The molecule has 2 aromatic carbocycles. The fourth-order valence-electron chi connectivity index (χ4n) is 4.29. The standard InChI is InChI=1S/C29H38N4O6/c1-3-13-33(14-4-2)29(39)22-17-20(27(31)37)16-21(18-22)28(38)32-24(15-19-8-10-23(34)11-9-19)26(36)25(35)7-5-6-12-30/h8-11,16-18,24-26,34-36H,3-7,13-15H2,1-2H3,(H2,31,37)(H,32,38). The summed E-state index contributed by atoms with van der Waals surface area (Å²) in [7, 11) is 0. The number of aromatic hydroxyl groups is 1. The number of rotatable bonds is 15. The SMILES string of the molecule is CCCN(CCC)C(=O)c1cc(C(N)=O)cc(C(=O)NC(Cc2ccc(O)cc2)C(O)C(O)CCCC#N)c1. The minimum Gasteiger partial charge on any atom is -0.508 e. The number of hydrogen-bond donors (Lipinski definition) is 5. The van der Waals surface area contributed by atoms with Gasteiger partial charge in [0.25, 0.3) is 11.8 Å². The summed E-state index contributed by atoms with van der Waals surface area (Å²) < 4.78 is 0.